The maximum atomic E-state index is 13.2. The Labute approximate surface area is 230 Å². The number of benzene rings is 1. The second-order valence-electron chi connectivity index (χ2n) is 11.0. The molecule has 2 aliphatic rings. The van der Waals surface area contributed by atoms with E-state index < -0.39 is 45.6 Å². The third-order valence-electron chi connectivity index (χ3n) is 7.42. The predicted molar refractivity (Wildman–Crippen MR) is 142 cm³/mol. The minimum absolute atomic E-state index is 0.0335. The molecule has 0 radical (unpaired) electrons. The van der Waals surface area contributed by atoms with E-state index in [2.05, 4.69) is 16.0 Å². The van der Waals surface area contributed by atoms with Crippen LogP contribution < -0.4 is 16.0 Å². The van der Waals surface area contributed by atoms with Crippen molar-refractivity contribution in [2.24, 2.45) is 17.8 Å². The van der Waals surface area contributed by atoms with Crippen LogP contribution in [0.3, 0.4) is 0 Å². The second kappa shape index (κ2) is 14.1. The van der Waals surface area contributed by atoms with Crippen LogP contribution in [-0.4, -0.2) is 66.2 Å². The van der Waals surface area contributed by atoms with E-state index in [4.69, 9.17) is 4.74 Å². The van der Waals surface area contributed by atoms with Gasteiger partial charge in [-0.05, 0) is 56.4 Å². The van der Waals surface area contributed by atoms with Crippen molar-refractivity contribution >= 4 is 28.0 Å². The lowest BCUT2D eigenvalue weighted by molar-refractivity contribution is -0.126. The molecule has 3 amide bonds. The minimum Gasteiger partial charge on any atom is -0.746 e. The fraction of sp³-hybridized carbons (Fsp3) is 0.667. The Balaban J connectivity index is 1.67. The smallest absolute Gasteiger partial charge is 0.408 e. The molecule has 39 heavy (non-hydrogen) atoms. The number of aliphatic hydroxyl groups excluding tert-OH is 1. The van der Waals surface area contributed by atoms with Crippen LogP contribution in [0.4, 0.5) is 4.79 Å². The van der Waals surface area contributed by atoms with Crippen LogP contribution in [0.5, 0.6) is 0 Å². The number of ether oxygens (including phenoxy) is 1. The van der Waals surface area contributed by atoms with E-state index in [1.54, 1.807) is 0 Å². The van der Waals surface area contributed by atoms with Crippen LogP contribution >= 0.6 is 0 Å². The van der Waals surface area contributed by atoms with Gasteiger partial charge < -0.3 is 30.3 Å². The molecular weight excluding hydrogens is 526 g/mol. The molecule has 3 rings (SSSR count). The van der Waals surface area contributed by atoms with Crippen molar-refractivity contribution in [3.05, 3.63) is 35.9 Å². The topological polar surface area (TPSA) is 174 Å². The lowest BCUT2D eigenvalue weighted by Gasteiger charge is -2.32. The first-order chi connectivity index (χ1) is 18.4. The summed E-state index contributed by atoms with van der Waals surface area (Å²) in [6.45, 7) is 4.07. The normalized spacial score (nSPS) is 23.9. The molecule has 4 N–H and O–H groups in total. The first kappa shape index (κ1) is 30.8. The fourth-order valence-corrected chi connectivity index (χ4v) is 5.98. The second-order valence-corrected chi connectivity index (χ2v) is 12.5. The molecule has 1 aromatic rings. The van der Waals surface area contributed by atoms with E-state index in [0.29, 0.717) is 19.4 Å². The SMILES string of the molecule is CC(C)C[C@H](NC(=O)OC1CCCCC1Cc1ccccc1)C(=O)N[C@@H](C[C@@H]1CCNC1=O)C(O)S(=O)(=O)[O-]. The zero-order valence-corrected chi connectivity index (χ0v) is 23.3. The summed E-state index contributed by atoms with van der Waals surface area (Å²) in [6, 6.07) is 7.34. The van der Waals surface area contributed by atoms with Gasteiger partial charge in [0.2, 0.25) is 11.8 Å². The van der Waals surface area contributed by atoms with Crippen LogP contribution in [0.15, 0.2) is 30.3 Å². The molecule has 1 aliphatic heterocycles. The Bertz CT molecular complexity index is 1080. The molecule has 1 aliphatic carbocycles. The molecule has 1 saturated carbocycles. The summed E-state index contributed by atoms with van der Waals surface area (Å²) in [5, 5.41) is 17.8. The quantitative estimate of drug-likeness (QED) is 0.277. The van der Waals surface area contributed by atoms with Crippen molar-refractivity contribution in [1.29, 1.82) is 0 Å². The van der Waals surface area contributed by atoms with Gasteiger partial charge in [0.25, 0.3) is 0 Å². The molecule has 11 nitrogen and oxygen atoms in total. The summed E-state index contributed by atoms with van der Waals surface area (Å²) in [6.07, 6.45) is 3.64. The average molecular weight is 567 g/mol. The highest BCUT2D eigenvalue weighted by atomic mass is 32.2. The van der Waals surface area contributed by atoms with Crippen molar-refractivity contribution in [1.82, 2.24) is 16.0 Å². The van der Waals surface area contributed by atoms with E-state index in [1.807, 2.05) is 44.2 Å². The lowest BCUT2D eigenvalue weighted by atomic mass is 9.82. The molecule has 3 unspecified atom stereocenters. The molecule has 1 saturated heterocycles. The minimum atomic E-state index is -5.18. The molecule has 0 aromatic heterocycles. The Morgan fingerprint density at radius 3 is 2.44 bits per heavy atom. The highest BCUT2D eigenvalue weighted by Gasteiger charge is 2.36. The van der Waals surface area contributed by atoms with Crippen LogP contribution in [0, 0.1) is 17.8 Å². The number of amides is 3. The summed E-state index contributed by atoms with van der Waals surface area (Å²) in [5.41, 5.74) is -1.29. The van der Waals surface area contributed by atoms with Crippen molar-refractivity contribution in [2.45, 2.75) is 88.8 Å². The van der Waals surface area contributed by atoms with E-state index in [-0.39, 0.29) is 36.7 Å². The van der Waals surface area contributed by atoms with E-state index in [0.717, 1.165) is 31.2 Å². The van der Waals surface area contributed by atoms with Gasteiger partial charge in [-0.3, -0.25) is 9.59 Å². The molecule has 1 heterocycles. The Kier molecular flexibility index (Phi) is 11.1. The van der Waals surface area contributed by atoms with Gasteiger partial charge in [-0.1, -0.05) is 50.6 Å². The largest absolute Gasteiger partial charge is 0.746 e. The number of carbonyl (C=O) groups excluding carboxylic acids is 3. The highest BCUT2D eigenvalue weighted by molar-refractivity contribution is 7.86. The molecule has 12 heteroatoms. The lowest BCUT2D eigenvalue weighted by Crippen LogP contribution is -2.55. The van der Waals surface area contributed by atoms with Crippen LogP contribution in [0.1, 0.15) is 64.4 Å². The van der Waals surface area contributed by atoms with Crippen LogP contribution in [0.2, 0.25) is 0 Å². The van der Waals surface area contributed by atoms with Gasteiger partial charge in [0.1, 0.15) is 22.3 Å². The Morgan fingerprint density at radius 1 is 1.13 bits per heavy atom. The highest BCUT2D eigenvalue weighted by Crippen LogP contribution is 2.30. The molecule has 2 fully saturated rings. The van der Waals surface area contributed by atoms with Crippen LogP contribution in [0.25, 0.3) is 0 Å². The van der Waals surface area contributed by atoms with Gasteiger partial charge in [-0.25, -0.2) is 13.2 Å². The number of hydrogen-bond donors (Lipinski definition) is 4. The van der Waals surface area contributed by atoms with Gasteiger partial charge in [-0.2, -0.15) is 0 Å². The average Bonchev–Trinajstić information content (AvgIpc) is 3.27. The predicted octanol–water partition coefficient (Wildman–Crippen LogP) is 1.80. The zero-order valence-electron chi connectivity index (χ0n) is 22.5. The summed E-state index contributed by atoms with van der Waals surface area (Å²) >= 11 is 0. The Hall–Kier alpha value is -2.70. The third kappa shape index (κ3) is 9.47. The number of aliphatic hydroxyl groups is 1. The number of alkyl carbamates (subject to hydrolysis) is 1. The van der Waals surface area contributed by atoms with Crippen molar-refractivity contribution in [2.75, 3.05) is 6.54 Å². The van der Waals surface area contributed by atoms with E-state index in [9.17, 15) is 32.5 Å². The summed E-state index contributed by atoms with van der Waals surface area (Å²) < 4.78 is 40.5. The molecular formula is C27H40N3O8S-. The maximum absolute atomic E-state index is 13.2. The summed E-state index contributed by atoms with van der Waals surface area (Å²) in [5.74, 6) is -1.67. The molecule has 0 spiro atoms. The third-order valence-corrected chi connectivity index (χ3v) is 8.34. The maximum Gasteiger partial charge on any atom is 0.408 e. The Morgan fingerprint density at radius 2 is 1.82 bits per heavy atom. The van der Waals surface area contributed by atoms with Crippen molar-refractivity contribution in [3.63, 3.8) is 0 Å². The summed E-state index contributed by atoms with van der Waals surface area (Å²) in [4.78, 5) is 38.2. The first-order valence-corrected chi connectivity index (χ1v) is 15.1. The molecule has 218 valence electrons. The van der Waals surface area contributed by atoms with Gasteiger partial charge in [0.05, 0.1) is 6.04 Å². The standard InChI is InChI=1S/C27H41N3O8S/c1-17(2)14-21(25(32)29-22(26(33)39(35,36)37)16-20-12-13-28-24(20)31)30-27(34)38-23-11-7-6-10-19(23)15-18-8-4-3-5-9-18/h3-5,8-9,17,19-23,26,33H,6-7,10-16H2,1-2H3,(H,28,31)(H,29,32)(H,30,34)(H,35,36,37)/p-1/t19?,20-,21-,22-,23?,26?/m0/s1. The number of rotatable bonds is 12. The first-order valence-electron chi connectivity index (χ1n) is 13.7. The van der Waals surface area contributed by atoms with Crippen LogP contribution in [-0.2, 0) is 30.9 Å². The van der Waals surface area contributed by atoms with Crippen molar-refractivity contribution in [3.8, 4) is 0 Å². The van der Waals surface area contributed by atoms with Gasteiger partial charge in [-0.15, -0.1) is 0 Å². The van der Waals surface area contributed by atoms with E-state index >= 15 is 0 Å². The zero-order chi connectivity index (χ0) is 28.6. The van der Waals surface area contributed by atoms with E-state index in [1.165, 1.54) is 0 Å². The molecule has 6 atom stereocenters. The molecule has 0 bridgehead atoms. The monoisotopic (exact) mass is 566 g/mol. The number of carbonyl (C=O) groups is 3. The summed E-state index contributed by atoms with van der Waals surface area (Å²) in [7, 11) is -5.18. The number of nitrogens with one attached hydrogen (secondary N) is 3. The fourth-order valence-electron chi connectivity index (χ4n) is 5.40. The van der Waals surface area contributed by atoms with Gasteiger partial charge in [0.15, 0.2) is 5.44 Å². The van der Waals surface area contributed by atoms with Gasteiger partial charge >= 0.3 is 6.09 Å². The van der Waals surface area contributed by atoms with Gasteiger partial charge in [0, 0.05) is 18.4 Å². The molecule has 1 aromatic carbocycles. The number of hydrogen-bond acceptors (Lipinski definition) is 8. The van der Waals surface area contributed by atoms with Crippen molar-refractivity contribution < 1.29 is 37.2 Å².